The van der Waals surface area contributed by atoms with E-state index in [1.807, 2.05) is 25.1 Å². The van der Waals surface area contributed by atoms with Crippen molar-refractivity contribution in [2.75, 3.05) is 30.5 Å². The van der Waals surface area contributed by atoms with Crippen molar-refractivity contribution in [3.8, 4) is 0 Å². The second-order valence-electron chi connectivity index (χ2n) is 7.85. The smallest absolute Gasteiger partial charge is 0.264 e. The predicted molar refractivity (Wildman–Crippen MR) is 124 cm³/mol. The van der Waals surface area contributed by atoms with Crippen LogP contribution < -0.4 is 4.31 Å². The Hall–Kier alpha value is -1.89. The van der Waals surface area contributed by atoms with Gasteiger partial charge < -0.3 is 10.0 Å². The topological polar surface area (TPSA) is 60.9 Å². The summed E-state index contributed by atoms with van der Waals surface area (Å²) in [7, 11) is -3.78. The lowest BCUT2D eigenvalue weighted by Crippen LogP contribution is -2.43. The third-order valence-electron chi connectivity index (χ3n) is 5.15. The maximum Gasteiger partial charge on any atom is 0.264 e. The highest BCUT2D eigenvalue weighted by Gasteiger charge is 2.27. The molecule has 2 aromatic carbocycles. The summed E-state index contributed by atoms with van der Waals surface area (Å²) in [6, 6.07) is 15.9. The summed E-state index contributed by atoms with van der Waals surface area (Å²) in [6.07, 6.45) is 3.55. The Morgan fingerprint density at radius 2 is 1.43 bits per heavy atom. The Bertz CT molecular complexity index is 831. The normalized spacial score (nSPS) is 12.8. The average Bonchev–Trinajstić information content (AvgIpc) is 2.74. The number of unbranched alkanes of at least 4 members (excludes halogenated alkanes) is 2. The molecule has 0 saturated heterocycles. The molecule has 0 aliphatic rings. The van der Waals surface area contributed by atoms with Crippen molar-refractivity contribution >= 4 is 15.7 Å². The van der Waals surface area contributed by atoms with Crippen LogP contribution in [0.4, 0.5) is 5.69 Å². The van der Waals surface area contributed by atoms with Crippen LogP contribution in [0.2, 0.25) is 0 Å². The second kappa shape index (κ2) is 12.1. The van der Waals surface area contributed by atoms with Crippen LogP contribution in [0.3, 0.4) is 0 Å². The molecule has 6 heteroatoms. The van der Waals surface area contributed by atoms with Gasteiger partial charge in [-0.15, -0.1) is 0 Å². The monoisotopic (exact) mass is 432 g/mol. The van der Waals surface area contributed by atoms with Crippen molar-refractivity contribution < 1.29 is 13.5 Å². The van der Waals surface area contributed by atoms with E-state index in [1.54, 1.807) is 36.4 Å². The van der Waals surface area contributed by atoms with E-state index in [0.717, 1.165) is 44.3 Å². The van der Waals surface area contributed by atoms with E-state index in [0.29, 0.717) is 12.2 Å². The van der Waals surface area contributed by atoms with Crippen LogP contribution in [-0.2, 0) is 10.0 Å². The van der Waals surface area contributed by atoms with Crippen LogP contribution in [0.5, 0.6) is 0 Å². The van der Waals surface area contributed by atoms with Gasteiger partial charge in [-0.25, -0.2) is 8.42 Å². The molecule has 0 radical (unpaired) electrons. The lowest BCUT2D eigenvalue weighted by molar-refractivity contribution is 0.117. The molecule has 1 N–H and O–H groups in total. The second-order valence-corrected chi connectivity index (χ2v) is 9.71. The van der Waals surface area contributed by atoms with Crippen LogP contribution in [0, 0.1) is 6.92 Å². The highest BCUT2D eigenvalue weighted by atomic mass is 32.2. The molecule has 0 saturated carbocycles. The number of hydrogen-bond acceptors (Lipinski definition) is 4. The molecule has 2 rings (SSSR count). The van der Waals surface area contributed by atoms with Crippen molar-refractivity contribution in [1.82, 2.24) is 4.90 Å². The summed E-state index contributed by atoms with van der Waals surface area (Å²) in [4.78, 5) is 2.48. The van der Waals surface area contributed by atoms with Gasteiger partial charge in [0.15, 0.2) is 0 Å². The minimum atomic E-state index is -3.78. The lowest BCUT2D eigenvalue weighted by Gasteiger charge is -2.30. The largest absolute Gasteiger partial charge is 0.390 e. The first-order valence-corrected chi connectivity index (χ1v) is 12.4. The Morgan fingerprint density at radius 3 is 1.97 bits per heavy atom. The molecular formula is C24H36N2O3S. The molecule has 0 fully saturated rings. The van der Waals surface area contributed by atoms with E-state index in [-0.39, 0.29) is 11.4 Å². The number of aliphatic hydroxyl groups is 1. The van der Waals surface area contributed by atoms with Gasteiger partial charge in [-0.1, -0.05) is 62.6 Å². The number of anilines is 1. The van der Waals surface area contributed by atoms with Gasteiger partial charge in [-0.3, -0.25) is 4.31 Å². The third kappa shape index (κ3) is 7.11. The van der Waals surface area contributed by atoms with Crippen LogP contribution in [0.1, 0.15) is 45.1 Å². The van der Waals surface area contributed by atoms with E-state index in [2.05, 4.69) is 18.7 Å². The number of para-hydroxylation sites is 1. The quantitative estimate of drug-likeness (QED) is 0.508. The summed E-state index contributed by atoms with van der Waals surface area (Å²) >= 11 is 0. The zero-order chi connectivity index (χ0) is 22.0. The minimum Gasteiger partial charge on any atom is -0.390 e. The van der Waals surface area contributed by atoms with Crippen LogP contribution >= 0.6 is 0 Å². The van der Waals surface area contributed by atoms with Crippen molar-refractivity contribution in [2.45, 2.75) is 57.5 Å². The zero-order valence-corrected chi connectivity index (χ0v) is 19.3. The molecule has 30 heavy (non-hydrogen) atoms. The molecule has 0 spiro atoms. The minimum absolute atomic E-state index is 0.0228. The molecule has 1 atom stereocenters. The van der Waals surface area contributed by atoms with Gasteiger partial charge in [0.1, 0.15) is 0 Å². The number of hydrogen-bond donors (Lipinski definition) is 1. The van der Waals surface area contributed by atoms with Gasteiger partial charge in [0.2, 0.25) is 0 Å². The number of aryl methyl sites for hydroxylation is 1. The maximum atomic E-state index is 13.4. The fourth-order valence-electron chi connectivity index (χ4n) is 3.38. The third-order valence-corrected chi connectivity index (χ3v) is 6.96. The Morgan fingerprint density at radius 1 is 0.867 bits per heavy atom. The van der Waals surface area contributed by atoms with Crippen molar-refractivity contribution in [3.63, 3.8) is 0 Å². The van der Waals surface area contributed by atoms with E-state index in [4.69, 9.17) is 0 Å². The highest BCUT2D eigenvalue weighted by Crippen LogP contribution is 2.24. The number of rotatable bonds is 13. The fraction of sp³-hybridized carbons (Fsp3) is 0.500. The Balaban J connectivity index is 2.24. The summed E-state index contributed by atoms with van der Waals surface area (Å²) < 4.78 is 28.2. The molecule has 0 aromatic heterocycles. The van der Waals surface area contributed by atoms with Crippen molar-refractivity contribution in [3.05, 3.63) is 60.2 Å². The molecule has 0 bridgehead atoms. The van der Waals surface area contributed by atoms with Gasteiger partial charge in [0.05, 0.1) is 23.2 Å². The summed E-state index contributed by atoms with van der Waals surface area (Å²) in [5, 5.41) is 10.9. The Labute approximate surface area is 182 Å². The van der Waals surface area contributed by atoms with E-state index in [9.17, 15) is 13.5 Å². The first kappa shape index (κ1) is 24.4. The first-order chi connectivity index (χ1) is 14.4. The predicted octanol–water partition coefficient (Wildman–Crippen LogP) is 4.45. The standard InChI is InChI=1S/C24H36N2O3S/c1-4-6-17-25(18-7-5-2)19-23(27)20-26(22-11-9-8-10-12-22)30(28,29)24-15-13-21(3)14-16-24/h8-16,23,27H,4-7,17-20H2,1-3H3. The number of aliphatic hydroxyl groups excluding tert-OH is 1. The summed E-state index contributed by atoms with van der Waals surface area (Å²) in [5.41, 5.74) is 1.56. The fourth-order valence-corrected chi connectivity index (χ4v) is 4.88. The van der Waals surface area contributed by atoms with Crippen LogP contribution in [-0.4, -0.2) is 50.7 Å². The summed E-state index contributed by atoms with van der Waals surface area (Å²) in [6.45, 7) is 8.56. The summed E-state index contributed by atoms with van der Waals surface area (Å²) in [5.74, 6) is 0. The van der Waals surface area contributed by atoms with Crippen LogP contribution in [0.25, 0.3) is 0 Å². The van der Waals surface area contributed by atoms with Gasteiger partial charge in [0, 0.05) is 6.54 Å². The number of benzene rings is 2. The van der Waals surface area contributed by atoms with E-state index < -0.39 is 16.1 Å². The molecule has 5 nitrogen and oxygen atoms in total. The van der Waals surface area contributed by atoms with Crippen molar-refractivity contribution in [2.24, 2.45) is 0 Å². The van der Waals surface area contributed by atoms with E-state index >= 15 is 0 Å². The zero-order valence-electron chi connectivity index (χ0n) is 18.5. The van der Waals surface area contributed by atoms with Gasteiger partial charge in [-0.05, 0) is 57.1 Å². The van der Waals surface area contributed by atoms with Crippen molar-refractivity contribution in [1.29, 1.82) is 0 Å². The van der Waals surface area contributed by atoms with Crippen LogP contribution in [0.15, 0.2) is 59.5 Å². The average molecular weight is 433 g/mol. The number of sulfonamides is 1. The first-order valence-electron chi connectivity index (χ1n) is 10.9. The molecule has 2 aromatic rings. The molecular weight excluding hydrogens is 396 g/mol. The van der Waals surface area contributed by atoms with Gasteiger partial charge >= 0.3 is 0 Å². The lowest BCUT2D eigenvalue weighted by atomic mass is 10.2. The molecule has 1 unspecified atom stereocenters. The maximum absolute atomic E-state index is 13.4. The van der Waals surface area contributed by atoms with Gasteiger partial charge in [-0.2, -0.15) is 0 Å². The molecule has 0 amide bonds. The van der Waals surface area contributed by atoms with Gasteiger partial charge in [0.25, 0.3) is 10.0 Å². The molecule has 0 aliphatic carbocycles. The number of nitrogens with zero attached hydrogens (tertiary/aromatic N) is 2. The molecule has 0 heterocycles. The Kier molecular flexibility index (Phi) is 9.82. The SMILES string of the molecule is CCCCN(CCCC)CC(O)CN(c1ccccc1)S(=O)(=O)c1ccc(C)cc1. The molecule has 0 aliphatic heterocycles. The molecule has 166 valence electrons. The van der Waals surface area contributed by atoms with E-state index in [1.165, 1.54) is 4.31 Å². The highest BCUT2D eigenvalue weighted by molar-refractivity contribution is 7.92.